The van der Waals surface area contributed by atoms with Crippen molar-refractivity contribution in [1.82, 2.24) is 4.98 Å². The third-order valence-electron chi connectivity index (χ3n) is 5.91. The van der Waals surface area contributed by atoms with Crippen LogP contribution in [0, 0.1) is 23.7 Å². The van der Waals surface area contributed by atoms with Gasteiger partial charge in [0, 0.05) is 10.3 Å². The maximum Gasteiger partial charge on any atom is 0.137 e. The highest BCUT2D eigenvalue weighted by molar-refractivity contribution is 7.12. The average molecular weight is 276 g/mol. The van der Waals surface area contributed by atoms with Crippen LogP contribution in [-0.2, 0) is 5.41 Å². The van der Waals surface area contributed by atoms with Crippen molar-refractivity contribution in [2.75, 3.05) is 5.73 Å². The Morgan fingerprint density at radius 2 is 1.74 bits per heavy atom. The molecule has 4 saturated carbocycles. The van der Waals surface area contributed by atoms with E-state index in [-0.39, 0.29) is 0 Å². The summed E-state index contributed by atoms with van der Waals surface area (Å²) >= 11 is 1.86. The van der Waals surface area contributed by atoms with Gasteiger partial charge in [0.25, 0.3) is 0 Å². The molecular formula is C16H24N2S. The number of aromatic nitrogens is 1. The van der Waals surface area contributed by atoms with Gasteiger partial charge in [-0.05, 0) is 62.2 Å². The van der Waals surface area contributed by atoms with E-state index in [0.717, 1.165) is 11.7 Å². The summed E-state index contributed by atoms with van der Waals surface area (Å²) in [6.45, 7) is 7.16. The highest BCUT2D eigenvalue weighted by Crippen LogP contribution is 2.70. The number of hydrogen-bond acceptors (Lipinski definition) is 3. The molecule has 0 aromatic carbocycles. The van der Waals surface area contributed by atoms with E-state index < -0.39 is 0 Å². The second-order valence-electron chi connectivity index (χ2n) is 8.37. The lowest BCUT2D eigenvalue weighted by atomic mass is 9.40. The van der Waals surface area contributed by atoms with E-state index in [9.17, 15) is 0 Å². The molecule has 1 heterocycles. The van der Waals surface area contributed by atoms with Gasteiger partial charge in [0.05, 0.1) is 0 Å². The molecule has 2 atom stereocenters. The lowest BCUT2D eigenvalue weighted by Gasteiger charge is -2.64. The van der Waals surface area contributed by atoms with E-state index in [1.54, 1.807) is 0 Å². The topological polar surface area (TPSA) is 38.9 Å². The molecule has 1 aromatic rings. The zero-order valence-electron chi connectivity index (χ0n) is 12.3. The van der Waals surface area contributed by atoms with Gasteiger partial charge in [-0.15, -0.1) is 11.3 Å². The summed E-state index contributed by atoms with van der Waals surface area (Å²) in [5.74, 6) is 1.70. The summed E-state index contributed by atoms with van der Waals surface area (Å²) in [6.07, 6.45) is 8.38. The second kappa shape index (κ2) is 3.36. The SMILES string of the molecule is Cc1sc(C23CC4CC(C)(CC(C)(C4)C2)C3)nc1N. The molecule has 4 aliphatic rings. The predicted molar refractivity (Wildman–Crippen MR) is 80.3 cm³/mol. The molecule has 0 saturated heterocycles. The fourth-order valence-electron chi connectivity index (χ4n) is 6.32. The maximum atomic E-state index is 6.02. The minimum Gasteiger partial charge on any atom is -0.383 e. The minimum absolute atomic E-state index is 0.357. The Hall–Kier alpha value is -0.570. The van der Waals surface area contributed by atoms with Crippen LogP contribution in [0.1, 0.15) is 62.3 Å². The molecule has 19 heavy (non-hydrogen) atoms. The van der Waals surface area contributed by atoms with Gasteiger partial charge in [-0.2, -0.15) is 0 Å². The average Bonchev–Trinajstić information content (AvgIpc) is 2.54. The molecule has 2 N–H and O–H groups in total. The molecule has 0 aliphatic heterocycles. The van der Waals surface area contributed by atoms with Crippen molar-refractivity contribution in [1.29, 1.82) is 0 Å². The molecule has 2 nitrogen and oxygen atoms in total. The normalized spacial score (nSPS) is 47.8. The van der Waals surface area contributed by atoms with Gasteiger partial charge in [0.2, 0.25) is 0 Å². The second-order valence-corrected chi connectivity index (χ2v) is 9.57. The number of hydrogen-bond donors (Lipinski definition) is 1. The van der Waals surface area contributed by atoms with Crippen LogP contribution < -0.4 is 5.73 Å². The summed E-state index contributed by atoms with van der Waals surface area (Å²) < 4.78 is 0. The molecule has 0 spiro atoms. The van der Waals surface area contributed by atoms with Crippen molar-refractivity contribution >= 4 is 17.2 Å². The third-order valence-corrected chi connectivity index (χ3v) is 7.15. The molecule has 104 valence electrons. The fraction of sp³-hybridized carbons (Fsp3) is 0.812. The fourth-order valence-corrected chi connectivity index (χ4v) is 7.35. The number of thiazole rings is 1. The quantitative estimate of drug-likeness (QED) is 0.831. The number of aryl methyl sites for hydroxylation is 1. The molecule has 4 bridgehead atoms. The van der Waals surface area contributed by atoms with Crippen LogP contribution in [0.4, 0.5) is 5.82 Å². The van der Waals surface area contributed by atoms with E-state index >= 15 is 0 Å². The Morgan fingerprint density at radius 1 is 1.11 bits per heavy atom. The molecule has 0 amide bonds. The first-order chi connectivity index (χ1) is 8.82. The zero-order valence-corrected chi connectivity index (χ0v) is 13.1. The van der Waals surface area contributed by atoms with Crippen molar-refractivity contribution in [2.24, 2.45) is 16.7 Å². The Kier molecular flexibility index (Phi) is 2.16. The van der Waals surface area contributed by atoms with Gasteiger partial charge in [0.15, 0.2) is 0 Å². The first-order valence-electron chi connectivity index (χ1n) is 7.55. The predicted octanol–water partition coefficient (Wildman–Crippen LogP) is 4.28. The van der Waals surface area contributed by atoms with E-state index in [1.165, 1.54) is 48.4 Å². The molecule has 3 heteroatoms. The van der Waals surface area contributed by atoms with Crippen LogP contribution in [0.5, 0.6) is 0 Å². The summed E-state index contributed by atoms with van der Waals surface area (Å²) in [4.78, 5) is 5.97. The zero-order chi connectivity index (χ0) is 13.5. The molecular weight excluding hydrogens is 252 g/mol. The van der Waals surface area contributed by atoms with Gasteiger partial charge in [-0.1, -0.05) is 13.8 Å². The lowest BCUT2D eigenvalue weighted by Crippen LogP contribution is -2.56. The Labute approximate surface area is 119 Å². The smallest absolute Gasteiger partial charge is 0.137 e. The standard InChI is InChI=1S/C16H24N2S/c1-10-12(17)18-13(19-10)16-6-11-4-14(2,8-16)7-15(3,5-11)9-16/h11H,4-9,17H2,1-3H3. The number of anilines is 1. The summed E-state index contributed by atoms with van der Waals surface area (Å²) in [7, 11) is 0. The third kappa shape index (κ3) is 1.63. The number of nitrogens with two attached hydrogens (primary N) is 1. The van der Waals surface area contributed by atoms with E-state index in [1.807, 2.05) is 11.3 Å². The molecule has 4 fully saturated rings. The Morgan fingerprint density at radius 3 is 2.21 bits per heavy atom. The lowest BCUT2D eigenvalue weighted by molar-refractivity contribution is -0.109. The van der Waals surface area contributed by atoms with Crippen LogP contribution in [0.2, 0.25) is 0 Å². The monoisotopic (exact) mass is 276 g/mol. The largest absolute Gasteiger partial charge is 0.383 e. The van der Waals surface area contributed by atoms with Crippen molar-refractivity contribution in [3.8, 4) is 0 Å². The van der Waals surface area contributed by atoms with Gasteiger partial charge in [0.1, 0.15) is 10.8 Å². The Balaban J connectivity index is 1.82. The highest BCUT2D eigenvalue weighted by atomic mass is 32.1. The number of nitrogen functional groups attached to an aromatic ring is 1. The summed E-state index contributed by atoms with van der Waals surface area (Å²) in [5, 5.41) is 1.35. The first kappa shape index (κ1) is 12.2. The van der Waals surface area contributed by atoms with Crippen molar-refractivity contribution in [3.63, 3.8) is 0 Å². The summed E-state index contributed by atoms with van der Waals surface area (Å²) in [6, 6.07) is 0. The van der Waals surface area contributed by atoms with Crippen molar-refractivity contribution < 1.29 is 0 Å². The molecule has 1 aromatic heterocycles. The number of rotatable bonds is 1. The maximum absolute atomic E-state index is 6.02. The van der Waals surface area contributed by atoms with Crippen LogP contribution in [0.3, 0.4) is 0 Å². The van der Waals surface area contributed by atoms with Gasteiger partial charge in [-0.25, -0.2) is 4.98 Å². The van der Waals surface area contributed by atoms with Gasteiger partial charge in [-0.3, -0.25) is 0 Å². The number of nitrogens with zero attached hydrogens (tertiary/aromatic N) is 1. The van der Waals surface area contributed by atoms with Crippen LogP contribution >= 0.6 is 11.3 Å². The highest BCUT2D eigenvalue weighted by Gasteiger charge is 2.61. The Bertz CT molecular complexity index is 509. The van der Waals surface area contributed by atoms with Gasteiger partial charge >= 0.3 is 0 Å². The van der Waals surface area contributed by atoms with Crippen LogP contribution in [0.15, 0.2) is 0 Å². The van der Waals surface area contributed by atoms with Crippen molar-refractivity contribution in [2.45, 2.75) is 64.7 Å². The van der Waals surface area contributed by atoms with Crippen LogP contribution in [0.25, 0.3) is 0 Å². The minimum atomic E-state index is 0.357. The van der Waals surface area contributed by atoms with E-state index in [0.29, 0.717) is 16.2 Å². The molecule has 0 radical (unpaired) electrons. The van der Waals surface area contributed by atoms with E-state index in [2.05, 4.69) is 20.8 Å². The molecule has 2 unspecified atom stereocenters. The van der Waals surface area contributed by atoms with Crippen LogP contribution in [-0.4, -0.2) is 4.98 Å². The van der Waals surface area contributed by atoms with E-state index in [4.69, 9.17) is 10.7 Å². The summed E-state index contributed by atoms with van der Waals surface area (Å²) in [5.41, 5.74) is 7.50. The first-order valence-corrected chi connectivity index (χ1v) is 8.37. The van der Waals surface area contributed by atoms with Gasteiger partial charge < -0.3 is 5.73 Å². The molecule has 5 rings (SSSR count). The molecule has 4 aliphatic carbocycles. The van der Waals surface area contributed by atoms with Crippen molar-refractivity contribution in [3.05, 3.63) is 9.88 Å².